The van der Waals surface area contributed by atoms with Gasteiger partial charge in [0.05, 0.1) is 23.6 Å². The van der Waals surface area contributed by atoms with Crippen molar-refractivity contribution in [3.63, 3.8) is 0 Å². The van der Waals surface area contributed by atoms with Gasteiger partial charge in [0.2, 0.25) is 5.91 Å². The molecule has 0 bridgehead atoms. The number of nitrogens with one attached hydrogen (secondary N) is 2. The predicted octanol–water partition coefficient (Wildman–Crippen LogP) is 6.81. The second-order valence-corrected chi connectivity index (χ2v) is 18.2. The molecule has 3 heterocycles. The van der Waals surface area contributed by atoms with E-state index in [1.165, 1.54) is 11.0 Å². The molecule has 2 atom stereocenters. The molecule has 46 heavy (non-hydrogen) atoms. The van der Waals surface area contributed by atoms with Crippen LogP contribution in [0, 0.1) is 5.92 Å². The first kappa shape index (κ1) is 33.0. The van der Waals surface area contributed by atoms with Gasteiger partial charge in [-0.3, -0.25) is 10.1 Å². The Hall–Kier alpha value is -4.33. The van der Waals surface area contributed by atoms with E-state index in [9.17, 15) is 9.59 Å². The highest BCUT2D eigenvalue weighted by atomic mass is 35.5. The average Bonchev–Trinajstić information content (AvgIpc) is 3.72. The topological polar surface area (TPSA) is 151 Å². The number of tetrazole rings is 1. The van der Waals surface area contributed by atoms with Gasteiger partial charge >= 0.3 is 6.09 Å². The Balaban J connectivity index is 1.45. The Morgan fingerprint density at radius 3 is 2.63 bits per heavy atom. The summed E-state index contributed by atoms with van der Waals surface area (Å²) in [5.41, 5.74) is 3.46. The van der Waals surface area contributed by atoms with Crippen LogP contribution in [-0.4, -0.2) is 73.7 Å². The van der Waals surface area contributed by atoms with Gasteiger partial charge in [-0.2, -0.15) is 4.68 Å². The van der Waals surface area contributed by atoms with Crippen LogP contribution in [0.2, 0.25) is 23.2 Å². The maximum absolute atomic E-state index is 14.0. The van der Waals surface area contributed by atoms with Gasteiger partial charge in [0.15, 0.2) is 8.32 Å². The molecule has 242 valence electrons. The molecular weight excluding hydrogens is 624 g/mol. The number of aromatic amines is 1. The van der Waals surface area contributed by atoms with E-state index in [1.807, 2.05) is 17.0 Å². The van der Waals surface area contributed by atoms with Gasteiger partial charge in [-0.05, 0) is 83.4 Å². The molecule has 0 spiro atoms. The maximum Gasteiger partial charge on any atom is 0.409 e. The Kier molecular flexibility index (Phi) is 9.75. The number of carbonyl (C=O) groups is 2. The monoisotopic (exact) mass is 662 g/mol. The highest BCUT2D eigenvalue weighted by Crippen LogP contribution is 2.40. The van der Waals surface area contributed by atoms with Crippen molar-refractivity contribution in [1.82, 2.24) is 35.1 Å². The van der Waals surface area contributed by atoms with Crippen molar-refractivity contribution < 1.29 is 19.1 Å². The lowest BCUT2D eigenvalue weighted by molar-refractivity contribution is -0.132. The quantitative estimate of drug-likeness (QED) is 0.131. The molecule has 1 aliphatic heterocycles. The molecule has 4 aromatic rings. The van der Waals surface area contributed by atoms with Crippen LogP contribution in [-0.2, 0) is 9.22 Å². The van der Waals surface area contributed by atoms with Crippen LogP contribution in [0.4, 0.5) is 10.5 Å². The number of anilines is 1. The van der Waals surface area contributed by atoms with Crippen molar-refractivity contribution in [2.24, 2.45) is 5.92 Å². The summed E-state index contributed by atoms with van der Waals surface area (Å²) in [7, 11) is -2.06. The molecular formula is C32H39ClN8O4Si. The van der Waals surface area contributed by atoms with Gasteiger partial charge in [-0.25, -0.2) is 9.78 Å². The van der Waals surface area contributed by atoms with Gasteiger partial charge in [0.1, 0.15) is 12.2 Å². The summed E-state index contributed by atoms with van der Waals surface area (Å²) >= 11 is 6.31. The number of halogens is 1. The third kappa shape index (κ3) is 7.54. The predicted molar refractivity (Wildman–Crippen MR) is 179 cm³/mol. The maximum atomic E-state index is 14.0. The van der Waals surface area contributed by atoms with Crippen molar-refractivity contribution in [2.75, 3.05) is 18.5 Å². The number of H-pyrrole nitrogens is 1. The third-order valence-corrected chi connectivity index (χ3v) is 13.6. The largest absolute Gasteiger partial charge is 0.465 e. The molecule has 1 saturated heterocycles. The molecule has 14 heteroatoms. The number of piperidine rings is 1. The average molecular weight is 663 g/mol. The Bertz CT molecular complexity index is 1700. The highest BCUT2D eigenvalue weighted by Gasteiger charge is 2.41. The zero-order valence-corrected chi connectivity index (χ0v) is 28.3. The molecule has 3 N–H and O–H groups in total. The fourth-order valence-corrected chi connectivity index (χ4v) is 6.53. The minimum atomic E-state index is -2.06. The minimum Gasteiger partial charge on any atom is -0.465 e. The Morgan fingerprint density at radius 2 is 1.96 bits per heavy atom. The molecule has 5 rings (SSSR count). The lowest BCUT2D eigenvalue weighted by atomic mass is 9.89. The van der Waals surface area contributed by atoms with Crippen LogP contribution >= 0.6 is 11.6 Å². The van der Waals surface area contributed by atoms with Crippen LogP contribution in [0.15, 0.2) is 61.1 Å². The van der Waals surface area contributed by atoms with Crippen LogP contribution in [0.5, 0.6) is 0 Å². The molecule has 0 saturated carbocycles. The van der Waals surface area contributed by atoms with Crippen LogP contribution in [0.25, 0.3) is 23.0 Å². The van der Waals surface area contributed by atoms with Crippen molar-refractivity contribution in [1.29, 1.82) is 0 Å². The number of amides is 2. The van der Waals surface area contributed by atoms with E-state index >= 15 is 0 Å². The van der Waals surface area contributed by atoms with Gasteiger partial charge in [-0.15, -0.1) is 5.10 Å². The van der Waals surface area contributed by atoms with Crippen LogP contribution in [0.1, 0.15) is 51.0 Å². The summed E-state index contributed by atoms with van der Waals surface area (Å²) in [5, 5.41) is 23.4. The van der Waals surface area contributed by atoms with E-state index in [0.717, 1.165) is 24.1 Å². The number of likely N-dealkylation sites (tertiary alicyclic amines) is 1. The van der Waals surface area contributed by atoms with E-state index < -0.39 is 14.4 Å². The number of carboxylic acid groups (broad SMARTS) is 1. The molecule has 2 amide bonds. The van der Waals surface area contributed by atoms with Crippen LogP contribution < -0.4 is 5.32 Å². The van der Waals surface area contributed by atoms with Crippen molar-refractivity contribution in [3.8, 4) is 16.9 Å². The summed E-state index contributed by atoms with van der Waals surface area (Å²) in [6.07, 6.45) is 7.12. The number of aromatic nitrogens is 6. The van der Waals surface area contributed by atoms with Gasteiger partial charge in [0.25, 0.3) is 0 Å². The lowest BCUT2D eigenvalue weighted by Crippen LogP contribution is -2.47. The SMILES string of the molecule is CC(C)(C)[Si](C)(C)OC[C@@H]1CCCN(C(=O)/C=C/c2cc(Cl)ccc2-n2cnnn2)[C@@H]1c1ncc(-c2ccc(NC(=O)O)cc2)[nH]1. The standard InChI is InChI=1S/C32H39ClN8O4Si/c1-32(2,3)46(4,5)45-19-23-7-6-16-40(28(42)15-10-22-17-24(33)11-14-27(22)41-20-35-38-39-41)29(23)30-34-18-26(37-30)21-8-12-25(13-9-21)36-31(43)44/h8-15,17-18,20,23,29,36H,6-7,16,19H2,1-5H3,(H,34,37)(H,43,44)/b15-10+/t23-,29-/m0/s1. The summed E-state index contributed by atoms with van der Waals surface area (Å²) < 4.78 is 8.22. The lowest BCUT2D eigenvalue weighted by Gasteiger charge is -2.42. The van der Waals surface area contributed by atoms with Crippen molar-refractivity contribution in [2.45, 2.75) is 57.8 Å². The van der Waals surface area contributed by atoms with E-state index in [0.29, 0.717) is 40.9 Å². The second-order valence-electron chi connectivity index (χ2n) is 12.9. The van der Waals surface area contributed by atoms with Gasteiger partial charge in [0, 0.05) is 41.4 Å². The smallest absolute Gasteiger partial charge is 0.409 e. The minimum absolute atomic E-state index is 0.0179. The first-order valence-corrected chi connectivity index (χ1v) is 18.4. The van der Waals surface area contributed by atoms with E-state index in [2.05, 4.69) is 59.7 Å². The van der Waals surface area contributed by atoms with E-state index in [1.54, 1.807) is 48.7 Å². The fourth-order valence-electron chi connectivity index (χ4n) is 5.29. The molecule has 0 radical (unpaired) electrons. The van der Waals surface area contributed by atoms with Crippen LogP contribution in [0.3, 0.4) is 0 Å². The molecule has 2 aromatic carbocycles. The summed E-state index contributed by atoms with van der Waals surface area (Å²) in [5.74, 6) is 0.529. The van der Waals surface area contributed by atoms with E-state index in [-0.39, 0.29) is 22.9 Å². The number of rotatable bonds is 9. The van der Waals surface area contributed by atoms with Gasteiger partial charge < -0.3 is 19.4 Å². The van der Waals surface area contributed by atoms with Crippen molar-refractivity contribution >= 4 is 43.7 Å². The molecule has 2 aromatic heterocycles. The number of imidazole rings is 1. The summed E-state index contributed by atoms with van der Waals surface area (Å²) in [4.78, 5) is 35.1. The zero-order chi connectivity index (χ0) is 33.1. The van der Waals surface area contributed by atoms with Crippen molar-refractivity contribution in [3.05, 3.63) is 77.5 Å². The molecule has 1 aliphatic rings. The first-order valence-electron chi connectivity index (χ1n) is 15.1. The summed E-state index contributed by atoms with van der Waals surface area (Å²) in [6, 6.07) is 12.0. The highest BCUT2D eigenvalue weighted by molar-refractivity contribution is 6.74. The first-order chi connectivity index (χ1) is 21.8. The molecule has 1 fully saturated rings. The second kappa shape index (κ2) is 13.6. The number of hydrogen-bond donors (Lipinski definition) is 3. The van der Waals surface area contributed by atoms with E-state index in [4.69, 9.17) is 26.1 Å². The number of hydrogen-bond acceptors (Lipinski definition) is 7. The number of carbonyl (C=O) groups excluding carboxylic acids is 1. The van der Waals surface area contributed by atoms with Gasteiger partial charge in [-0.1, -0.05) is 44.5 Å². The molecule has 12 nitrogen and oxygen atoms in total. The zero-order valence-electron chi connectivity index (χ0n) is 26.6. The Morgan fingerprint density at radius 1 is 1.20 bits per heavy atom. The third-order valence-electron chi connectivity index (χ3n) is 8.82. The summed E-state index contributed by atoms with van der Waals surface area (Å²) in [6.45, 7) is 12.2. The molecule has 0 aliphatic carbocycles. The normalized spacial score (nSPS) is 17.4. The number of nitrogens with zero attached hydrogens (tertiary/aromatic N) is 6. The number of benzene rings is 2. The fraction of sp³-hybridized carbons (Fsp3) is 0.375. The Labute approximate surface area is 274 Å². The molecule has 0 unspecified atom stereocenters.